The second kappa shape index (κ2) is 15.0. The van der Waals surface area contributed by atoms with Crippen LogP contribution in [0.5, 0.6) is 0 Å². The van der Waals surface area contributed by atoms with Gasteiger partial charge in [0, 0.05) is 32.7 Å². The Labute approximate surface area is 183 Å². The standard InChI is InChI=1S/C25H42N2O3/c1-6-16-27(24(28)19-23(30-5)18-20(3)7-2)17-14-21(4)25(29)26-15-13-22-11-9-8-10-12-22/h8-12,20-21,23H,6-7,13-19H2,1-5H3,(H,26,29)/t20?,21-,23?/m1/s1. The highest BCUT2D eigenvalue weighted by molar-refractivity contribution is 5.79. The van der Waals surface area contributed by atoms with E-state index in [0.29, 0.717) is 31.8 Å². The van der Waals surface area contributed by atoms with Crippen LogP contribution in [0.4, 0.5) is 0 Å². The Balaban J connectivity index is 2.45. The maximum Gasteiger partial charge on any atom is 0.225 e. The van der Waals surface area contributed by atoms with Crippen LogP contribution in [0.15, 0.2) is 30.3 Å². The van der Waals surface area contributed by atoms with Gasteiger partial charge in [-0.1, -0.05) is 64.4 Å². The van der Waals surface area contributed by atoms with Crippen molar-refractivity contribution >= 4 is 11.8 Å². The van der Waals surface area contributed by atoms with Gasteiger partial charge in [0.15, 0.2) is 0 Å². The summed E-state index contributed by atoms with van der Waals surface area (Å²) >= 11 is 0. The molecular formula is C25H42N2O3. The first kappa shape index (κ1) is 26.2. The minimum Gasteiger partial charge on any atom is -0.381 e. The quantitative estimate of drug-likeness (QED) is 0.458. The van der Waals surface area contributed by atoms with Gasteiger partial charge in [0.1, 0.15) is 0 Å². The molecule has 0 saturated carbocycles. The molecule has 0 fully saturated rings. The summed E-state index contributed by atoms with van der Waals surface area (Å²) < 4.78 is 5.55. The lowest BCUT2D eigenvalue weighted by Gasteiger charge is -2.26. The lowest BCUT2D eigenvalue weighted by molar-refractivity contribution is -0.135. The predicted octanol–water partition coefficient (Wildman–Crippen LogP) is 4.45. The van der Waals surface area contributed by atoms with Crippen molar-refractivity contribution < 1.29 is 14.3 Å². The van der Waals surface area contributed by atoms with Gasteiger partial charge in [-0.05, 0) is 37.2 Å². The Morgan fingerprint density at radius 2 is 1.80 bits per heavy atom. The Bertz CT molecular complexity index is 606. The number of hydrogen-bond donors (Lipinski definition) is 1. The fraction of sp³-hybridized carbons (Fsp3) is 0.680. The number of nitrogens with zero attached hydrogens (tertiary/aromatic N) is 1. The van der Waals surface area contributed by atoms with Crippen molar-refractivity contribution in [2.45, 2.75) is 72.3 Å². The fourth-order valence-corrected chi connectivity index (χ4v) is 3.46. The van der Waals surface area contributed by atoms with Gasteiger partial charge in [0.2, 0.25) is 11.8 Å². The third-order valence-corrected chi connectivity index (χ3v) is 5.78. The Morgan fingerprint density at radius 1 is 1.10 bits per heavy atom. The van der Waals surface area contributed by atoms with Gasteiger partial charge in [-0.3, -0.25) is 9.59 Å². The van der Waals surface area contributed by atoms with Gasteiger partial charge < -0.3 is 15.0 Å². The Morgan fingerprint density at radius 3 is 2.40 bits per heavy atom. The summed E-state index contributed by atoms with van der Waals surface area (Å²) in [6.45, 7) is 10.3. The van der Waals surface area contributed by atoms with Crippen LogP contribution in [0.1, 0.15) is 65.4 Å². The zero-order valence-corrected chi connectivity index (χ0v) is 19.7. The van der Waals surface area contributed by atoms with Crippen molar-refractivity contribution in [2.75, 3.05) is 26.7 Å². The molecule has 1 N–H and O–H groups in total. The fourth-order valence-electron chi connectivity index (χ4n) is 3.46. The van der Waals surface area contributed by atoms with Crippen LogP contribution in [0, 0.1) is 11.8 Å². The highest BCUT2D eigenvalue weighted by Gasteiger charge is 2.21. The molecule has 0 aliphatic carbocycles. The third-order valence-electron chi connectivity index (χ3n) is 5.78. The number of amides is 2. The summed E-state index contributed by atoms with van der Waals surface area (Å²) in [5.74, 6) is 0.610. The molecule has 0 heterocycles. The molecule has 1 aromatic rings. The first-order valence-electron chi connectivity index (χ1n) is 11.5. The number of rotatable bonds is 15. The van der Waals surface area contributed by atoms with Gasteiger partial charge >= 0.3 is 0 Å². The summed E-state index contributed by atoms with van der Waals surface area (Å²) in [4.78, 5) is 27.1. The third kappa shape index (κ3) is 10.2. The van der Waals surface area contributed by atoms with Crippen LogP contribution in [-0.2, 0) is 20.7 Å². The highest BCUT2D eigenvalue weighted by Crippen LogP contribution is 2.16. The molecule has 30 heavy (non-hydrogen) atoms. The molecule has 3 atom stereocenters. The largest absolute Gasteiger partial charge is 0.381 e. The molecule has 5 heteroatoms. The maximum absolute atomic E-state index is 12.8. The van der Waals surface area contributed by atoms with Crippen molar-refractivity contribution in [3.63, 3.8) is 0 Å². The van der Waals surface area contributed by atoms with Crippen LogP contribution in [-0.4, -0.2) is 49.6 Å². The van der Waals surface area contributed by atoms with Gasteiger partial charge in [0.25, 0.3) is 0 Å². The van der Waals surface area contributed by atoms with Crippen LogP contribution in [0.25, 0.3) is 0 Å². The zero-order chi connectivity index (χ0) is 22.4. The van der Waals surface area contributed by atoms with E-state index < -0.39 is 0 Å². The minimum atomic E-state index is -0.119. The van der Waals surface area contributed by atoms with Crippen LogP contribution in [0.2, 0.25) is 0 Å². The first-order valence-corrected chi connectivity index (χ1v) is 11.5. The summed E-state index contributed by atoms with van der Waals surface area (Å²) in [5.41, 5.74) is 1.22. The minimum absolute atomic E-state index is 0.0366. The number of carbonyl (C=O) groups excluding carboxylic acids is 2. The molecule has 2 amide bonds. The normalized spacial score (nSPS) is 14.0. The molecule has 0 aliphatic rings. The van der Waals surface area contributed by atoms with E-state index in [1.807, 2.05) is 30.0 Å². The molecule has 2 unspecified atom stereocenters. The van der Waals surface area contributed by atoms with E-state index in [0.717, 1.165) is 32.2 Å². The Kier molecular flexibility index (Phi) is 13.1. The average Bonchev–Trinajstić information content (AvgIpc) is 2.76. The lowest BCUT2D eigenvalue weighted by atomic mass is 9.98. The van der Waals surface area contributed by atoms with E-state index in [2.05, 4.69) is 38.2 Å². The lowest BCUT2D eigenvalue weighted by Crippen LogP contribution is -2.38. The maximum atomic E-state index is 12.8. The summed E-state index contributed by atoms with van der Waals surface area (Å²) in [6, 6.07) is 10.1. The molecule has 1 aromatic carbocycles. The second-order valence-corrected chi connectivity index (χ2v) is 8.41. The average molecular weight is 419 g/mol. The molecule has 0 bridgehead atoms. The topological polar surface area (TPSA) is 58.6 Å². The number of benzene rings is 1. The highest BCUT2D eigenvalue weighted by atomic mass is 16.5. The predicted molar refractivity (Wildman–Crippen MR) is 123 cm³/mol. The molecule has 0 radical (unpaired) electrons. The number of nitrogens with one attached hydrogen (secondary N) is 1. The first-order chi connectivity index (χ1) is 14.4. The van der Waals surface area contributed by atoms with Crippen molar-refractivity contribution in [1.82, 2.24) is 10.2 Å². The molecule has 0 saturated heterocycles. The number of ether oxygens (including phenoxy) is 1. The van der Waals surface area contributed by atoms with Crippen molar-refractivity contribution in [1.29, 1.82) is 0 Å². The van der Waals surface area contributed by atoms with Gasteiger partial charge in [-0.2, -0.15) is 0 Å². The van der Waals surface area contributed by atoms with Crippen molar-refractivity contribution in [3.8, 4) is 0 Å². The molecule has 5 nitrogen and oxygen atoms in total. The second-order valence-electron chi connectivity index (χ2n) is 8.41. The molecule has 1 rings (SSSR count). The van der Waals surface area contributed by atoms with Crippen molar-refractivity contribution in [2.24, 2.45) is 11.8 Å². The van der Waals surface area contributed by atoms with Gasteiger partial charge in [-0.15, -0.1) is 0 Å². The smallest absolute Gasteiger partial charge is 0.225 e. The molecule has 0 aliphatic heterocycles. The molecular weight excluding hydrogens is 376 g/mol. The van der Waals surface area contributed by atoms with Crippen molar-refractivity contribution in [3.05, 3.63) is 35.9 Å². The van der Waals surface area contributed by atoms with E-state index in [4.69, 9.17) is 4.74 Å². The molecule has 0 spiro atoms. The molecule has 170 valence electrons. The van der Waals surface area contributed by atoms with E-state index in [-0.39, 0.29) is 23.8 Å². The number of carbonyl (C=O) groups is 2. The van der Waals surface area contributed by atoms with E-state index in [1.54, 1.807) is 7.11 Å². The summed E-state index contributed by atoms with van der Waals surface area (Å²) in [7, 11) is 1.69. The summed E-state index contributed by atoms with van der Waals surface area (Å²) in [5, 5.41) is 3.02. The number of hydrogen-bond acceptors (Lipinski definition) is 3. The van der Waals surface area contributed by atoms with Crippen LogP contribution < -0.4 is 5.32 Å². The SMILES string of the molecule is CCCN(CC[C@@H](C)C(=O)NCCc1ccccc1)C(=O)CC(CC(C)CC)OC. The summed E-state index contributed by atoms with van der Waals surface area (Å²) in [6.07, 6.45) is 4.78. The van der Waals surface area contributed by atoms with Crippen LogP contribution in [0.3, 0.4) is 0 Å². The van der Waals surface area contributed by atoms with Crippen LogP contribution >= 0.6 is 0 Å². The zero-order valence-electron chi connectivity index (χ0n) is 19.7. The van der Waals surface area contributed by atoms with Gasteiger partial charge in [-0.25, -0.2) is 0 Å². The monoisotopic (exact) mass is 418 g/mol. The molecule has 0 aromatic heterocycles. The van der Waals surface area contributed by atoms with Gasteiger partial charge in [0.05, 0.1) is 12.5 Å². The van der Waals surface area contributed by atoms with E-state index in [9.17, 15) is 9.59 Å². The van der Waals surface area contributed by atoms with E-state index >= 15 is 0 Å². The Hall–Kier alpha value is -1.88. The number of methoxy groups -OCH3 is 1. The van der Waals surface area contributed by atoms with E-state index in [1.165, 1.54) is 5.56 Å².